The number of rotatable bonds is 3. The van der Waals surface area contributed by atoms with E-state index >= 15 is 0 Å². The van der Waals surface area contributed by atoms with Gasteiger partial charge in [-0.1, -0.05) is 5.16 Å². The zero-order chi connectivity index (χ0) is 13.9. The fourth-order valence-corrected chi connectivity index (χ4v) is 2.08. The highest BCUT2D eigenvalue weighted by Gasteiger charge is 2.32. The number of nitrogens with zero attached hydrogens (tertiary/aromatic N) is 2. The number of hydrogen-bond donors (Lipinski definition) is 1. The van der Waals surface area contributed by atoms with Crippen LogP contribution in [-0.2, 0) is 0 Å². The quantitative estimate of drug-likeness (QED) is 0.908. The van der Waals surface area contributed by atoms with Gasteiger partial charge < -0.3 is 9.84 Å². The first-order valence-electron chi connectivity index (χ1n) is 5.94. The van der Waals surface area contributed by atoms with Crippen LogP contribution in [0.2, 0.25) is 0 Å². The lowest BCUT2D eigenvalue weighted by atomic mass is 10.0. The summed E-state index contributed by atoms with van der Waals surface area (Å²) in [5.41, 5.74) is 0.178. The van der Waals surface area contributed by atoms with Gasteiger partial charge in [-0.25, -0.2) is 0 Å². The first kappa shape index (κ1) is 13.9. The average Bonchev–Trinajstić information content (AvgIpc) is 2.83. The molecule has 0 unspecified atom stereocenters. The second kappa shape index (κ2) is 5.60. The normalized spacial score (nSPS) is 18.5. The molecule has 0 aliphatic carbocycles. The van der Waals surface area contributed by atoms with Gasteiger partial charge in [-0.2, -0.15) is 13.2 Å². The molecule has 1 N–H and O–H groups in total. The maximum atomic E-state index is 12.2. The van der Waals surface area contributed by atoms with Crippen molar-refractivity contribution in [2.24, 2.45) is 0 Å². The molecule has 19 heavy (non-hydrogen) atoms. The molecule has 0 atom stereocenters. The Morgan fingerprint density at radius 1 is 1.47 bits per heavy atom. The van der Waals surface area contributed by atoms with Crippen LogP contribution in [0.25, 0.3) is 0 Å². The van der Waals surface area contributed by atoms with Crippen molar-refractivity contribution < 1.29 is 22.5 Å². The van der Waals surface area contributed by atoms with Gasteiger partial charge in [-0.15, -0.1) is 0 Å². The Morgan fingerprint density at radius 2 is 2.16 bits per heavy atom. The predicted molar refractivity (Wildman–Crippen MR) is 59.5 cm³/mol. The zero-order valence-corrected chi connectivity index (χ0v) is 10.1. The van der Waals surface area contributed by atoms with Crippen molar-refractivity contribution in [2.75, 3.05) is 19.6 Å². The average molecular weight is 277 g/mol. The van der Waals surface area contributed by atoms with E-state index in [2.05, 4.69) is 15.0 Å². The smallest absolute Gasteiger partial charge is 0.364 e. The third kappa shape index (κ3) is 4.23. The zero-order valence-electron chi connectivity index (χ0n) is 10.1. The number of halogens is 3. The molecule has 8 heteroatoms. The number of carbonyl (C=O) groups is 1. The highest BCUT2D eigenvalue weighted by atomic mass is 19.4. The van der Waals surface area contributed by atoms with Gasteiger partial charge in [0.2, 0.25) is 0 Å². The summed E-state index contributed by atoms with van der Waals surface area (Å²) in [4.78, 5) is 13.0. The number of alkyl halides is 3. The van der Waals surface area contributed by atoms with Gasteiger partial charge in [0, 0.05) is 25.2 Å². The molecule has 0 aromatic carbocycles. The van der Waals surface area contributed by atoms with Crippen LogP contribution in [0.5, 0.6) is 0 Å². The lowest BCUT2D eigenvalue weighted by molar-refractivity contribution is -0.148. The molecule has 2 rings (SSSR count). The number of carbonyl (C=O) groups excluding carboxylic acids is 1. The van der Waals surface area contributed by atoms with Crippen LogP contribution in [-0.4, -0.2) is 47.8 Å². The number of amides is 1. The molecule has 0 radical (unpaired) electrons. The van der Waals surface area contributed by atoms with Crippen LogP contribution in [0.4, 0.5) is 13.2 Å². The van der Waals surface area contributed by atoms with Gasteiger partial charge in [0.15, 0.2) is 5.69 Å². The van der Waals surface area contributed by atoms with E-state index in [-0.39, 0.29) is 17.6 Å². The van der Waals surface area contributed by atoms with E-state index in [4.69, 9.17) is 0 Å². The number of nitrogens with one attached hydrogen (secondary N) is 1. The topological polar surface area (TPSA) is 58.4 Å². The first-order chi connectivity index (χ1) is 8.94. The lowest BCUT2D eigenvalue weighted by Crippen LogP contribution is -2.47. The summed E-state index contributed by atoms with van der Waals surface area (Å²) >= 11 is 0. The molecule has 0 bridgehead atoms. The molecule has 1 aromatic heterocycles. The summed E-state index contributed by atoms with van der Waals surface area (Å²) in [5, 5.41) is 6.23. The van der Waals surface area contributed by atoms with Crippen molar-refractivity contribution in [3.05, 3.63) is 18.0 Å². The Hall–Kier alpha value is -1.57. The second-order valence-electron chi connectivity index (χ2n) is 4.52. The van der Waals surface area contributed by atoms with E-state index in [1.54, 1.807) is 0 Å². The lowest BCUT2D eigenvalue weighted by Gasteiger charge is -2.32. The summed E-state index contributed by atoms with van der Waals surface area (Å²) < 4.78 is 41.2. The Balaban J connectivity index is 1.76. The maximum absolute atomic E-state index is 12.2. The van der Waals surface area contributed by atoms with Crippen molar-refractivity contribution in [3.8, 4) is 0 Å². The Bertz CT molecular complexity index is 411. The molecule has 1 fully saturated rings. The predicted octanol–water partition coefficient (Wildman–Crippen LogP) is 1.43. The third-order valence-corrected chi connectivity index (χ3v) is 3.00. The number of aromatic nitrogens is 1. The van der Waals surface area contributed by atoms with Gasteiger partial charge in [0.25, 0.3) is 5.91 Å². The van der Waals surface area contributed by atoms with Crippen molar-refractivity contribution in [3.63, 3.8) is 0 Å². The molecule has 1 aromatic rings. The molecule has 2 heterocycles. The largest absolute Gasteiger partial charge is 0.401 e. The van der Waals surface area contributed by atoms with Crippen molar-refractivity contribution in [1.82, 2.24) is 15.4 Å². The van der Waals surface area contributed by atoms with E-state index in [1.807, 2.05) is 0 Å². The molecule has 1 aliphatic heterocycles. The SMILES string of the molecule is O=C(NC1CCN(CC(F)(F)F)CC1)c1ccon1. The van der Waals surface area contributed by atoms with Crippen LogP contribution in [0, 0.1) is 0 Å². The molecule has 1 aliphatic rings. The van der Waals surface area contributed by atoms with Gasteiger partial charge in [0.05, 0.1) is 6.54 Å². The minimum absolute atomic E-state index is 0.117. The summed E-state index contributed by atoms with van der Waals surface area (Å²) in [7, 11) is 0. The summed E-state index contributed by atoms with van der Waals surface area (Å²) in [6.07, 6.45) is -1.88. The maximum Gasteiger partial charge on any atom is 0.401 e. The van der Waals surface area contributed by atoms with E-state index in [0.717, 1.165) is 0 Å². The fourth-order valence-electron chi connectivity index (χ4n) is 2.08. The molecule has 0 saturated carbocycles. The van der Waals surface area contributed by atoms with E-state index in [0.29, 0.717) is 25.9 Å². The third-order valence-electron chi connectivity index (χ3n) is 3.00. The van der Waals surface area contributed by atoms with E-state index < -0.39 is 12.7 Å². The molecule has 0 spiro atoms. The van der Waals surface area contributed by atoms with Crippen LogP contribution in [0.3, 0.4) is 0 Å². The summed E-state index contributed by atoms with van der Waals surface area (Å²) in [6, 6.07) is 1.32. The number of likely N-dealkylation sites (tertiary alicyclic amines) is 1. The molecular weight excluding hydrogens is 263 g/mol. The molecular formula is C11H14F3N3O2. The minimum Gasteiger partial charge on any atom is -0.364 e. The summed E-state index contributed by atoms with van der Waals surface area (Å²) in [6.45, 7) is -0.247. The Morgan fingerprint density at radius 3 is 2.68 bits per heavy atom. The highest BCUT2D eigenvalue weighted by Crippen LogP contribution is 2.19. The van der Waals surface area contributed by atoms with Crippen LogP contribution >= 0.6 is 0 Å². The Labute approximate surface area is 107 Å². The van der Waals surface area contributed by atoms with Gasteiger partial charge >= 0.3 is 6.18 Å². The monoisotopic (exact) mass is 277 g/mol. The van der Waals surface area contributed by atoms with Crippen LogP contribution in [0.15, 0.2) is 16.9 Å². The van der Waals surface area contributed by atoms with Crippen LogP contribution in [0.1, 0.15) is 23.3 Å². The molecule has 5 nitrogen and oxygen atoms in total. The fraction of sp³-hybridized carbons (Fsp3) is 0.636. The van der Waals surface area contributed by atoms with Crippen molar-refractivity contribution >= 4 is 5.91 Å². The first-order valence-corrected chi connectivity index (χ1v) is 5.94. The van der Waals surface area contributed by atoms with Crippen LogP contribution < -0.4 is 5.32 Å². The van der Waals surface area contributed by atoms with Crippen molar-refractivity contribution in [1.29, 1.82) is 0 Å². The van der Waals surface area contributed by atoms with E-state index in [1.165, 1.54) is 17.2 Å². The number of hydrogen-bond acceptors (Lipinski definition) is 4. The molecule has 1 saturated heterocycles. The Kier molecular flexibility index (Phi) is 4.08. The molecule has 1 amide bonds. The minimum atomic E-state index is -4.17. The van der Waals surface area contributed by atoms with E-state index in [9.17, 15) is 18.0 Å². The molecule has 106 valence electrons. The summed E-state index contributed by atoms with van der Waals surface area (Å²) in [5.74, 6) is -0.358. The number of piperidine rings is 1. The van der Waals surface area contributed by atoms with Gasteiger partial charge in [0.1, 0.15) is 6.26 Å². The van der Waals surface area contributed by atoms with Gasteiger partial charge in [-0.3, -0.25) is 9.69 Å². The van der Waals surface area contributed by atoms with Crippen molar-refractivity contribution in [2.45, 2.75) is 25.1 Å². The second-order valence-corrected chi connectivity index (χ2v) is 4.52. The highest BCUT2D eigenvalue weighted by molar-refractivity contribution is 5.92. The standard InChI is InChI=1S/C11H14F3N3O2/c12-11(13,14)7-17-4-1-8(2-5-17)15-10(18)9-3-6-19-16-9/h3,6,8H,1-2,4-5,7H2,(H,15,18). The van der Waals surface area contributed by atoms with Gasteiger partial charge in [-0.05, 0) is 12.8 Å².